The molecule has 14 heavy (non-hydrogen) atoms. The highest BCUT2D eigenvalue weighted by Gasteiger charge is 2.27. The number of alkyl halides is 3. The molecule has 0 unspecified atom stereocenters. The highest BCUT2D eigenvalue weighted by atomic mass is 35.5. The molecule has 1 nitrogen and oxygen atoms in total. The number of nitrogens with one attached hydrogen (secondary N) is 1. The van der Waals surface area contributed by atoms with E-state index in [1.165, 1.54) is 18.2 Å². The minimum absolute atomic E-state index is 0.211. The van der Waals surface area contributed by atoms with E-state index in [0.717, 1.165) is 0 Å². The molecule has 1 N–H and O–H groups in total. The summed E-state index contributed by atoms with van der Waals surface area (Å²) in [4.78, 5) is 0. The lowest BCUT2D eigenvalue weighted by atomic mass is 10.3. The van der Waals surface area contributed by atoms with Gasteiger partial charge < -0.3 is 5.32 Å². The van der Waals surface area contributed by atoms with Crippen LogP contribution in [-0.4, -0.2) is 12.7 Å². The van der Waals surface area contributed by atoms with E-state index < -0.39 is 18.5 Å². The quantitative estimate of drug-likeness (QED) is 0.763. The number of halogens is 5. The summed E-state index contributed by atoms with van der Waals surface area (Å²) in [5, 5.41) is 1.70. The number of benzene rings is 1. The summed E-state index contributed by atoms with van der Waals surface area (Å²) >= 11 is 5.37. The van der Waals surface area contributed by atoms with Crippen LogP contribution >= 0.6 is 11.6 Å². The SMILES string of the molecule is Fc1c(Cl)cccc1NCC(F)(F)F. The molecular formula is C8H6ClF4N. The Morgan fingerprint density at radius 1 is 1.29 bits per heavy atom. The topological polar surface area (TPSA) is 12.0 Å². The van der Waals surface area contributed by atoms with Gasteiger partial charge >= 0.3 is 6.18 Å². The van der Waals surface area contributed by atoms with E-state index in [-0.39, 0.29) is 10.7 Å². The van der Waals surface area contributed by atoms with Gasteiger partial charge in [0.2, 0.25) is 0 Å². The van der Waals surface area contributed by atoms with Crippen molar-refractivity contribution in [3.05, 3.63) is 29.0 Å². The fraction of sp³-hybridized carbons (Fsp3) is 0.250. The lowest BCUT2D eigenvalue weighted by Gasteiger charge is -2.10. The van der Waals surface area contributed by atoms with Crippen LogP contribution in [-0.2, 0) is 0 Å². The van der Waals surface area contributed by atoms with Crippen LogP contribution in [0.1, 0.15) is 0 Å². The second-order valence-electron chi connectivity index (χ2n) is 2.57. The van der Waals surface area contributed by atoms with Crippen molar-refractivity contribution < 1.29 is 17.6 Å². The van der Waals surface area contributed by atoms with Gasteiger partial charge in [-0.2, -0.15) is 13.2 Å². The zero-order chi connectivity index (χ0) is 10.8. The lowest BCUT2D eigenvalue weighted by molar-refractivity contribution is -0.115. The second-order valence-corrected chi connectivity index (χ2v) is 2.98. The largest absolute Gasteiger partial charge is 0.405 e. The maximum Gasteiger partial charge on any atom is 0.405 e. The van der Waals surface area contributed by atoms with Crippen molar-refractivity contribution in [1.29, 1.82) is 0 Å². The lowest BCUT2D eigenvalue weighted by Crippen LogP contribution is -2.21. The predicted octanol–water partition coefficient (Wildman–Crippen LogP) is 3.45. The first-order valence-electron chi connectivity index (χ1n) is 3.65. The van der Waals surface area contributed by atoms with Crippen LogP contribution in [0.15, 0.2) is 18.2 Å². The minimum atomic E-state index is -4.38. The van der Waals surface area contributed by atoms with E-state index in [0.29, 0.717) is 0 Å². The van der Waals surface area contributed by atoms with Gasteiger partial charge in [-0.3, -0.25) is 0 Å². The monoisotopic (exact) mass is 227 g/mol. The van der Waals surface area contributed by atoms with Gasteiger partial charge in [0.15, 0.2) is 5.82 Å². The van der Waals surface area contributed by atoms with E-state index >= 15 is 0 Å². The van der Waals surface area contributed by atoms with Gasteiger partial charge in [0.05, 0.1) is 10.7 Å². The van der Waals surface area contributed by atoms with Crippen LogP contribution < -0.4 is 5.32 Å². The molecule has 6 heteroatoms. The maximum absolute atomic E-state index is 13.0. The third kappa shape index (κ3) is 3.06. The minimum Gasteiger partial charge on any atom is -0.374 e. The molecule has 0 aromatic heterocycles. The maximum atomic E-state index is 13.0. The highest BCUT2D eigenvalue weighted by molar-refractivity contribution is 6.31. The van der Waals surface area contributed by atoms with Gasteiger partial charge in [-0.15, -0.1) is 0 Å². The molecule has 78 valence electrons. The molecule has 0 bridgehead atoms. The standard InChI is InChI=1S/C8H6ClF4N/c9-5-2-1-3-6(7(5)10)14-4-8(11,12)13/h1-3,14H,4H2. The van der Waals surface area contributed by atoms with Crippen molar-refractivity contribution in [2.24, 2.45) is 0 Å². The Morgan fingerprint density at radius 3 is 2.50 bits per heavy atom. The van der Waals surface area contributed by atoms with Crippen LogP contribution in [0.5, 0.6) is 0 Å². The molecule has 1 aromatic rings. The van der Waals surface area contributed by atoms with Crippen molar-refractivity contribution >= 4 is 17.3 Å². The molecule has 0 aliphatic carbocycles. The number of hydrogen-bond donors (Lipinski definition) is 1. The molecule has 0 aliphatic rings. The van der Waals surface area contributed by atoms with Gasteiger partial charge in [0.25, 0.3) is 0 Å². The van der Waals surface area contributed by atoms with Gasteiger partial charge in [0, 0.05) is 0 Å². The molecule has 0 fully saturated rings. The first kappa shape index (κ1) is 11.1. The fourth-order valence-corrected chi connectivity index (χ4v) is 1.01. The van der Waals surface area contributed by atoms with Gasteiger partial charge in [-0.05, 0) is 12.1 Å². The van der Waals surface area contributed by atoms with Crippen LogP contribution in [0, 0.1) is 5.82 Å². The normalized spacial score (nSPS) is 11.5. The first-order chi connectivity index (χ1) is 6.40. The second kappa shape index (κ2) is 4.04. The molecule has 0 saturated carbocycles. The van der Waals surface area contributed by atoms with Crippen molar-refractivity contribution in [3.8, 4) is 0 Å². The summed E-state index contributed by atoms with van der Waals surface area (Å²) in [7, 11) is 0. The average Bonchev–Trinajstić information content (AvgIpc) is 2.06. The molecule has 0 atom stereocenters. The van der Waals surface area contributed by atoms with Crippen LogP contribution in [0.4, 0.5) is 23.2 Å². The Hall–Kier alpha value is -0.970. The summed E-state index contributed by atoms with van der Waals surface area (Å²) in [6, 6.07) is 3.81. The van der Waals surface area contributed by atoms with Gasteiger partial charge in [0.1, 0.15) is 6.54 Å². The van der Waals surface area contributed by atoms with Crippen molar-refractivity contribution in [2.45, 2.75) is 6.18 Å². The van der Waals surface area contributed by atoms with Crippen molar-refractivity contribution in [2.75, 3.05) is 11.9 Å². The van der Waals surface area contributed by atoms with Crippen LogP contribution in [0.2, 0.25) is 5.02 Å². The van der Waals surface area contributed by atoms with Crippen molar-refractivity contribution in [3.63, 3.8) is 0 Å². The van der Waals surface area contributed by atoms with Crippen molar-refractivity contribution in [1.82, 2.24) is 0 Å². The first-order valence-corrected chi connectivity index (χ1v) is 4.02. The Bertz CT molecular complexity index is 324. The van der Waals surface area contributed by atoms with Gasteiger partial charge in [-0.1, -0.05) is 17.7 Å². The molecule has 0 radical (unpaired) electrons. The molecular weight excluding hydrogens is 222 g/mol. The zero-order valence-corrected chi connectivity index (χ0v) is 7.58. The van der Waals surface area contributed by atoms with Crippen LogP contribution in [0.3, 0.4) is 0 Å². The fourth-order valence-electron chi connectivity index (χ4n) is 0.836. The molecule has 0 saturated heterocycles. The summed E-state index contributed by atoms with van der Waals surface area (Å²) in [5.41, 5.74) is -0.255. The molecule has 0 spiro atoms. The Labute approximate surface area is 82.7 Å². The molecule has 0 aliphatic heterocycles. The van der Waals surface area contributed by atoms with Gasteiger partial charge in [-0.25, -0.2) is 4.39 Å². The zero-order valence-electron chi connectivity index (χ0n) is 6.83. The van der Waals surface area contributed by atoms with E-state index in [9.17, 15) is 17.6 Å². The van der Waals surface area contributed by atoms with E-state index in [4.69, 9.17) is 11.6 Å². The number of anilines is 1. The molecule has 0 amide bonds. The molecule has 0 heterocycles. The van der Waals surface area contributed by atoms with Crippen LogP contribution in [0.25, 0.3) is 0 Å². The Kier molecular flexibility index (Phi) is 3.21. The smallest absolute Gasteiger partial charge is 0.374 e. The third-order valence-electron chi connectivity index (χ3n) is 1.43. The summed E-state index contributed by atoms with van der Waals surface area (Å²) in [5.74, 6) is -0.876. The van der Waals surface area contributed by atoms with E-state index in [1.54, 1.807) is 0 Å². The summed E-state index contributed by atoms with van der Waals surface area (Å²) in [6.07, 6.45) is -4.38. The Balaban J connectivity index is 2.73. The number of rotatable bonds is 2. The van der Waals surface area contributed by atoms with E-state index in [1.807, 2.05) is 5.32 Å². The number of hydrogen-bond acceptors (Lipinski definition) is 1. The summed E-state index contributed by atoms with van der Waals surface area (Å²) < 4.78 is 48.3. The molecule has 1 rings (SSSR count). The Morgan fingerprint density at radius 2 is 1.93 bits per heavy atom. The molecule has 1 aromatic carbocycles. The highest BCUT2D eigenvalue weighted by Crippen LogP contribution is 2.23. The third-order valence-corrected chi connectivity index (χ3v) is 1.72. The van der Waals surface area contributed by atoms with E-state index in [2.05, 4.69) is 0 Å². The summed E-state index contributed by atoms with van der Waals surface area (Å²) in [6.45, 7) is -1.29. The average molecular weight is 228 g/mol. The predicted molar refractivity (Wildman–Crippen MR) is 46.0 cm³/mol.